The molecular formula is C20H24N2O2. The molecule has 1 saturated heterocycles. The predicted molar refractivity (Wildman–Crippen MR) is 97.5 cm³/mol. The number of aryl methyl sites for hydroxylation is 1. The Kier molecular flexibility index (Phi) is 5.16. The fourth-order valence-corrected chi connectivity index (χ4v) is 3.02. The van der Waals surface area contributed by atoms with Crippen molar-refractivity contribution in [2.45, 2.75) is 32.8 Å². The minimum atomic E-state index is 0.00746. The Bertz CT molecular complexity index is 680. The second-order valence-electron chi connectivity index (χ2n) is 6.18. The van der Waals surface area contributed by atoms with Crippen LogP contribution in [0.25, 0.3) is 0 Å². The molecule has 0 radical (unpaired) electrons. The van der Waals surface area contributed by atoms with Crippen molar-refractivity contribution in [2.24, 2.45) is 0 Å². The van der Waals surface area contributed by atoms with Crippen molar-refractivity contribution in [3.63, 3.8) is 0 Å². The minimum Gasteiger partial charge on any atom is -0.392 e. The van der Waals surface area contributed by atoms with E-state index in [-0.39, 0.29) is 12.6 Å². The lowest BCUT2D eigenvalue weighted by molar-refractivity contribution is 0.256. The van der Waals surface area contributed by atoms with E-state index in [2.05, 4.69) is 19.1 Å². The number of hydrogen-bond donors (Lipinski definition) is 1. The van der Waals surface area contributed by atoms with E-state index in [0.29, 0.717) is 13.1 Å². The van der Waals surface area contributed by atoms with Crippen molar-refractivity contribution in [2.75, 3.05) is 22.9 Å². The largest absolute Gasteiger partial charge is 0.392 e. The summed E-state index contributed by atoms with van der Waals surface area (Å²) in [7, 11) is 0. The van der Waals surface area contributed by atoms with Crippen LogP contribution >= 0.6 is 0 Å². The Morgan fingerprint density at radius 2 is 1.38 bits per heavy atom. The molecule has 24 heavy (non-hydrogen) atoms. The summed E-state index contributed by atoms with van der Waals surface area (Å²) in [5.74, 6) is 0. The minimum absolute atomic E-state index is 0.00746. The van der Waals surface area contributed by atoms with E-state index >= 15 is 0 Å². The molecule has 2 aromatic rings. The highest BCUT2D eigenvalue weighted by Gasteiger charge is 2.30. The Morgan fingerprint density at radius 3 is 1.83 bits per heavy atom. The number of aliphatic hydroxyl groups excluding tert-OH is 1. The summed E-state index contributed by atoms with van der Waals surface area (Å²) < 4.78 is 0. The van der Waals surface area contributed by atoms with E-state index in [1.165, 1.54) is 18.4 Å². The quantitative estimate of drug-likeness (QED) is 0.874. The van der Waals surface area contributed by atoms with Gasteiger partial charge in [0.15, 0.2) is 0 Å². The van der Waals surface area contributed by atoms with Crippen LogP contribution in [0, 0.1) is 0 Å². The predicted octanol–water partition coefficient (Wildman–Crippen LogP) is 3.97. The molecule has 1 heterocycles. The molecule has 3 rings (SSSR count). The van der Waals surface area contributed by atoms with Crippen molar-refractivity contribution in [1.82, 2.24) is 0 Å². The van der Waals surface area contributed by atoms with Crippen LogP contribution < -0.4 is 9.80 Å². The molecule has 0 aromatic heterocycles. The Balaban J connectivity index is 1.71. The lowest BCUT2D eigenvalue weighted by atomic mass is 10.1. The zero-order valence-corrected chi connectivity index (χ0v) is 14.1. The summed E-state index contributed by atoms with van der Waals surface area (Å²) in [6.45, 7) is 3.58. The smallest absolute Gasteiger partial charge is 0.329 e. The highest BCUT2D eigenvalue weighted by atomic mass is 16.3. The van der Waals surface area contributed by atoms with Gasteiger partial charge in [-0.25, -0.2) is 4.79 Å². The maximum absolute atomic E-state index is 12.7. The van der Waals surface area contributed by atoms with Gasteiger partial charge in [0.05, 0.1) is 6.61 Å². The molecule has 1 aliphatic heterocycles. The first-order valence-electron chi connectivity index (χ1n) is 8.60. The highest BCUT2D eigenvalue weighted by Crippen LogP contribution is 2.26. The summed E-state index contributed by atoms with van der Waals surface area (Å²) in [5, 5.41) is 9.12. The van der Waals surface area contributed by atoms with Gasteiger partial charge in [-0.2, -0.15) is 0 Å². The third kappa shape index (κ3) is 3.44. The molecule has 0 saturated carbocycles. The van der Waals surface area contributed by atoms with Gasteiger partial charge in [0.25, 0.3) is 0 Å². The van der Waals surface area contributed by atoms with E-state index in [1.54, 1.807) is 4.90 Å². The Morgan fingerprint density at radius 1 is 0.875 bits per heavy atom. The number of anilines is 2. The molecule has 0 aliphatic carbocycles. The van der Waals surface area contributed by atoms with Crippen molar-refractivity contribution in [1.29, 1.82) is 0 Å². The average Bonchev–Trinajstić information content (AvgIpc) is 3.02. The number of carbonyl (C=O) groups is 1. The highest BCUT2D eigenvalue weighted by molar-refractivity contribution is 6.06. The van der Waals surface area contributed by atoms with E-state index in [0.717, 1.165) is 23.4 Å². The van der Waals surface area contributed by atoms with Crippen LogP contribution in [-0.4, -0.2) is 24.2 Å². The average molecular weight is 324 g/mol. The van der Waals surface area contributed by atoms with Gasteiger partial charge in [0, 0.05) is 24.5 Å². The van der Waals surface area contributed by atoms with Crippen molar-refractivity contribution >= 4 is 17.4 Å². The molecule has 4 heteroatoms. The van der Waals surface area contributed by atoms with Crippen LogP contribution in [0.5, 0.6) is 0 Å². The fraction of sp³-hybridized carbons (Fsp3) is 0.350. The van der Waals surface area contributed by atoms with Gasteiger partial charge in [0.2, 0.25) is 0 Å². The van der Waals surface area contributed by atoms with E-state index < -0.39 is 0 Å². The van der Waals surface area contributed by atoms with Crippen LogP contribution in [0.15, 0.2) is 48.5 Å². The van der Waals surface area contributed by atoms with E-state index in [9.17, 15) is 4.79 Å². The van der Waals surface area contributed by atoms with Crippen LogP contribution in [0.3, 0.4) is 0 Å². The number of carbonyl (C=O) groups excluding carboxylic acids is 1. The second-order valence-corrected chi connectivity index (χ2v) is 6.18. The SMILES string of the molecule is CCCCc1ccc(N2CCN(c3ccc(CO)cc3)C2=O)cc1. The van der Waals surface area contributed by atoms with Crippen molar-refractivity contribution < 1.29 is 9.90 Å². The lowest BCUT2D eigenvalue weighted by Crippen LogP contribution is -2.31. The van der Waals surface area contributed by atoms with Crippen LogP contribution in [0.2, 0.25) is 0 Å². The molecule has 0 atom stereocenters. The number of unbranched alkanes of at least 4 members (excludes halogenated alkanes) is 1. The van der Waals surface area contributed by atoms with Crippen molar-refractivity contribution in [3.8, 4) is 0 Å². The Hall–Kier alpha value is -2.33. The number of benzene rings is 2. The molecule has 1 N–H and O–H groups in total. The number of amides is 2. The maximum Gasteiger partial charge on any atom is 0.329 e. The number of aliphatic hydroxyl groups is 1. The number of nitrogens with zero attached hydrogens (tertiary/aromatic N) is 2. The fourth-order valence-electron chi connectivity index (χ4n) is 3.02. The summed E-state index contributed by atoms with van der Waals surface area (Å²) in [5.41, 5.74) is 4.00. The van der Waals surface area contributed by atoms with E-state index in [4.69, 9.17) is 5.11 Å². The zero-order chi connectivity index (χ0) is 16.9. The molecule has 0 unspecified atom stereocenters. The first-order valence-corrected chi connectivity index (χ1v) is 8.60. The number of urea groups is 1. The van der Waals surface area contributed by atoms with Gasteiger partial charge in [0.1, 0.15) is 0 Å². The van der Waals surface area contributed by atoms with Crippen LogP contribution in [-0.2, 0) is 13.0 Å². The molecular weight excluding hydrogens is 300 g/mol. The number of hydrogen-bond acceptors (Lipinski definition) is 2. The molecule has 0 spiro atoms. The van der Waals surface area contributed by atoms with Gasteiger partial charge in [-0.15, -0.1) is 0 Å². The third-order valence-corrected chi connectivity index (χ3v) is 4.51. The lowest BCUT2D eigenvalue weighted by Gasteiger charge is -2.19. The van der Waals surface area contributed by atoms with E-state index in [1.807, 2.05) is 41.3 Å². The first kappa shape index (κ1) is 16.5. The van der Waals surface area contributed by atoms with Gasteiger partial charge >= 0.3 is 6.03 Å². The van der Waals surface area contributed by atoms with Crippen molar-refractivity contribution in [3.05, 3.63) is 59.7 Å². The number of rotatable bonds is 6. The molecule has 0 bridgehead atoms. The normalized spacial score (nSPS) is 14.5. The Labute approximate surface area is 143 Å². The molecule has 2 aromatic carbocycles. The standard InChI is InChI=1S/C20H24N2O2/c1-2-3-4-16-5-9-18(10-6-16)21-13-14-22(20(21)24)19-11-7-17(15-23)8-12-19/h5-12,23H,2-4,13-15H2,1H3. The summed E-state index contributed by atoms with van der Waals surface area (Å²) in [4.78, 5) is 16.3. The molecule has 126 valence electrons. The van der Waals surface area contributed by atoms with Gasteiger partial charge in [-0.3, -0.25) is 9.80 Å². The monoisotopic (exact) mass is 324 g/mol. The van der Waals surface area contributed by atoms with Gasteiger partial charge in [-0.05, 0) is 48.2 Å². The van der Waals surface area contributed by atoms with Gasteiger partial charge < -0.3 is 5.11 Å². The first-order chi connectivity index (χ1) is 11.7. The second kappa shape index (κ2) is 7.49. The molecule has 1 aliphatic rings. The topological polar surface area (TPSA) is 43.8 Å². The summed E-state index contributed by atoms with van der Waals surface area (Å²) >= 11 is 0. The van der Waals surface area contributed by atoms with Gasteiger partial charge in [-0.1, -0.05) is 37.6 Å². The maximum atomic E-state index is 12.7. The summed E-state index contributed by atoms with van der Waals surface area (Å²) in [6, 6.07) is 15.8. The van der Waals surface area contributed by atoms with Crippen LogP contribution in [0.1, 0.15) is 30.9 Å². The van der Waals surface area contributed by atoms with Crippen LogP contribution in [0.4, 0.5) is 16.2 Å². The third-order valence-electron chi connectivity index (χ3n) is 4.51. The molecule has 1 fully saturated rings. The summed E-state index contributed by atoms with van der Waals surface area (Å²) in [6.07, 6.45) is 3.48. The molecule has 4 nitrogen and oxygen atoms in total. The molecule has 2 amide bonds. The zero-order valence-electron chi connectivity index (χ0n) is 14.1.